The largest absolute Gasteiger partial charge is 0.374 e. The molecule has 16 heavy (non-hydrogen) atoms. The van der Waals surface area contributed by atoms with Gasteiger partial charge in [-0.1, -0.05) is 0 Å². The van der Waals surface area contributed by atoms with Crippen LogP contribution in [0.2, 0.25) is 0 Å². The van der Waals surface area contributed by atoms with E-state index in [0.717, 1.165) is 24.9 Å². The topological polar surface area (TPSA) is 51.4 Å². The molecule has 0 aromatic carbocycles. The van der Waals surface area contributed by atoms with Gasteiger partial charge in [0.05, 0.1) is 30.0 Å². The molecule has 88 valence electrons. The Bertz CT molecular complexity index is 339. The van der Waals surface area contributed by atoms with Gasteiger partial charge < -0.3 is 10.5 Å². The minimum atomic E-state index is 0.108. The molecule has 3 rings (SSSR count). The first-order valence-corrected chi connectivity index (χ1v) is 6.80. The molecule has 2 atom stereocenters. The molecule has 0 spiro atoms. The maximum atomic E-state index is 5.81. The van der Waals surface area contributed by atoms with Gasteiger partial charge in [0.15, 0.2) is 0 Å². The summed E-state index contributed by atoms with van der Waals surface area (Å²) in [5.74, 6) is 0. The Balaban J connectivity index is 1.86. The minimum absolute atomic E-state index is 0.108. The van der Waals surface area contributed by atoms with Gasteiger partial charge in [-0.3, -0.25) is 4.90 Å². The van der Waals surface area contributed by atoms with Crippen LogP contribution in [0.1, 0.15) is 24.6 Å². The average molecular weight is 239 g/mol. The van der Waals surface area contributed by atoms with E-state index in [2.05, 4.69) is 15.3 Å². The normalized spacial score (nSPS) is 31.8. The molecule has 1 aromatic heterocycles. The van der Waals surface area contributed by atoms with Gasteiger partial charge in [0.25, 0.3) is 0 Å². The second-order valence-electron chi connectivity index (χ2n) is 4.47. The number of hydrogen-bond donors (Lipinski definition) is 1. The van der Waals surface area contributed by atoms with E-state index in [0.29, 0.717) is 6.54 Å². The number of aromatic nitrogens is 1. The lowest BCUT2D eigenvalue weighted by atomic mass is 10.0. The Kier molecular flexibility index (Phi) is 2.93. The Labute approximate surface area is 99.4 Å². The van der Waals surface area contributed by atoms with E-state index >= 15 is 0 Å². The summed E-state index contributed by atoms with van der Waals surface area (Å²) in [4.78, 5) is 6.98. The fourth-order valence-corrected chi connectivity index (χ4v) is 3.08. The average Bonchev–Trinajstić information content (AvgIpc) is 3.04. The van der Waals surface area contributed by atoms with Crippen molar-refractivity contribution in [3.05, 3.63) is 16.6 Å². The predicted molar refractivity (Wildman–Crippen MR) is 63.4 cm³/mol. The molecule has 2 fully saturated rings. The maximum Gasteiger partial charge on any atom is 0.0910 e. The molecule has 5 heteroatoms. The highest BCUT2D eigenvalue weighted by molar-refractivity contribution is 7.07. The van der Waals surface area contributed by atoms with Crippen LogP contribution in [0.4, 0.5) is 0 Å². The number of rotatable bonds is 3. The fraction of sp³-hybridized carbons (Fsp3) is 0.727. The van der Waals surface area contributed by atoms with Gasteiger partial charge >= 0.3 is 0 Å². The van der Waals surface area contributed by atoms with Crippen LogP contribution in [0.15, 0.2) is 10.9 Å². The zero-order valence-electron chi connectivity index (χ0n) is 9.21. The number of ether oxygens (including phenoxy) is 1. The summed E-state index contributed by atoms with van der Waals surface area (Å²) in [7, 11) is 0. The van der Waals surface area contributed by atoms with Crippen molar-refractivity contribution in [3.8, 4) is 0 Å². The third-order valence-electron chi connectivity index (χ3n) is 3.39. The summed E-state index contributed by atoms with van der Waals surface area (Å²) in [5.41, 5.74) is 8.83. The SMILES string of the molecule is NCC1OCCN(C2CC2)C1c1cscn1. The van der Waals surface area contributed by atoms with Crippen molar-refractivity contribution >= 4 is 11.3 Å². The molecule has 0 amide bonds. The van der Waals surface area contributed by atoms with Gasteiger partial charge in [0, 0.05) is 24.5 Å². The quantitative estimate of drug-likeness (QED) is 0.855. The molecule has 2 unspecified atom stereocenters. The Morgan fingerprint density at radius 3 is 3.06 bits per heavy atom. The minimum Gasteiger partial charge on any atom is -0.374 e. The molecule has 0 radical (unpaired) electrons. The number of thiazole rings is 1. The summed E-state index contributed by atoms with van der Waals surface area (Å²) >= 11 is 1.65. The van der Waals surface area contributed by atoms with Crippen LogP contribution in [-0.4, -0.2) is 41.7 Å². The van der Waals surface area contributed by atoms with Crippen LogP contribution in [0.3, 0.4) is 0 Å². The zero-order valence-corrected chi connectivity index (χ0v) is 10.0. The molecular weight excluding hydrogens is 222 g/mol. The van der Waals surface area contributed by atoms with Crippen LogP contribution >= 0.6 is 11.3 Å². The van der Waals surface area contributed by atoms with Crippen molar-refractivity contribution < 1.29 is 4.74 Å². The second-order valence-corrected chi connectivity index (χ2v) is 5.19. The molecule has 4 nitrogen and oxygen atoms in total. The lowest BCUT2D eigenvalue weighted by molar-refractivity contribution is -0.0724. The molecule has 0 bridgehead atoms. The van der Waals surface area contributed by atoms with E-state index in [1.54, 1.807) is 11.3 Å². The van der Waals surface area contributed by atoms with Crippen molar-refractivity contribution in [2.24, 2.45) is 5.73 Å². The van der Waals surface area contributed by atoms with Gasteiger partial charge in [0.2, 0.25) is 0 Å². The summed E-state index contributed by atoms with van der Waals surface area (Å²) in [5, 5.41) is 2.12. The molecule has 1 aliphatic carbocycles. The van der Waals surface area contributed by atoms with Crippen LogP contribution in [0.25, 0.3) is 0 Å². The van der Waals surface area contributed by atoms with Crippen molar-refractivity contribution in [2.75, 3.05) is 19.7 Å². The van der Waals surface area contributed by atoms with Gasteiger partial charge in [0.1, 0.15) is 0 Å². The molecular formula is C11H17N3OS. The summed E-state index contributed by atoms with van der Waals surface area (Å²) in [6, 6.07) is 1.02. The zero-order chi connectivity index (χ0) is 11.0. The van der Waals surface area contributed by atoms with Crippen molar-refractivity contribution in [1.29, 1.82) is 0 Å². The van der Waals surface area contributed by atoms with E-state index < -0.39 is 0 Å². The lowest BCUT2D eigenvalue weighted by Gasteiger charge is -2.40. The van der Waals surface area contributed by atoms with Crippen molar-refractivity contribution in [2.45, 2.75) is 31.0 Å². The van der Waals surface area contributed by atoms with Crippen LogP contribution < -0.4 is 5.73 Å². The van der Waals surface area contributed by atoms with Crippen LogP contribution in [0, 0.1) is 0 Å². The molecule has 1 saturated heterocycles. The van der Waals surface area contributed by atoms with Gasteiger partial charge in [-0.2, -0.15) is 0 Å². The first-order valence-electron chi connectivity index (χ1n) is 5.85. The first-order chi connectivity index (χ1) is 7.90. The number of nitrogens with zero attached hydrogens (tertiary/aromatic N) is 2. The standard InChI is InChI=1S/C11H17N3OS/c12-5-10-11(9-6-16-7-13-9)14(3-4-15-10)8-1-2-8/h6-8,10-11H,1-5,12H2. The van der Waals surface area contributed by atoms with Crippen LogP contribution in [0.5, 0.6) is 0 Å². The van der Waals surface area contributed by atoms with E-state index in [9.17, 15) is 0 Å². The third-order valence-corrected chi connectivity index (χ3v) is 4.00. The first kappa shape index (κ1) is 10.7. The maximum absolute atomic E-state index is 5.81. The third kappa shape index (κ3) is 1.88. The highest BCUT2D eigenvalue weighted by Gasteiger charge is 2.41. The van der Waals surface area contributed by atoms with Gasteiger partial charge in [-0.25, -0.2) is 4.98 Å². The van der Waals surface area contributed by atoms with Crippen molar-refractivity contribution in [1.82, 2.24) is 9.88 Å². The molecule has 1 saturated carbocycles. The Morgan fingerprint density at radius 2 is 2.44 bits per heavy atom. The Morgan fingerprint density at radius 1 is 1.56 bits per heavy atom. The molecule has 1 aromatic rings. The van der Waals surface area contributed by atoms with Gasteiger partial charge in [-0.15, -0.1) is 11.3 Å². The van der Waals surface area contributed by atoms with E-state index in [1.165, 1.54) is 12.8 Å². The fourth-order valence-electron chi connectivity index (χ4n) is 2.49. The lowest BCUT2D eigenvalue weighted by Crippen LogP contribution is -2.49. The summed E-state index contributed by atoms with van der Waals surface area (Å²) in [6.45, 7) is 2.40. The van der Waals surface area contributed by atoms with E-state index in [1.807, 2.05) is 5.51 Å². The highest BCUT2D eigenvalue weighted by Crippen LogP contribution is 2.38. The monoisotopic (exact) mass is 239 g/mol. The molecule has 2 heterocycles. The van der Waals surface area contributed by atoms with Crippen LogP contribution in [-0.2, 0) is 4.74 Å². The van der Waals surface area contributed by atoms with E-state index in [-0.39, 0.29) is 12.1 Å². The highest BCUT2D eigenvalue weighted by atomic mass is 32.1. The predicted octanol–water partition coefficient (Wildman–Crippen LogP) is 1.01. The second kappa shape index (κ2) is 4.41. The van der Waals surface area contributed by atoms with Gasteiger partial charge in [-0.05, 0) is 12.8 Å². The number of morpholine rings is 1. The Hall–Kier alpha value is -0.490. The van der Waals surface area contributed by atoms with Crippen molar-refractivity contribution in [3.63, 3.8) is 0 Å². The number of nitrogens with two attached hydrogens (primary N) is 1. The summed E-state index contributed by atoms with van der Waals surface area (Å²) < 4.78 is 5.77. The molecule has 2 aliphatic rings. The summed E-state index contributed by atoms with van der Waals surface area (Å²) in [6.07, 6.45) is 2.74. The molecule has 2 N–H and O–H groups in total. The molecule has 1 aliphatic heterocycles. The van der Waals surface area contributed by atoms with E-state index in [4.69, 9.17) is 10.5 Å². The smallest absolute Gasteiger partial charge is 0.0910 e. The number of hydrogen-bond acceptors (Lipinski definition) is 5.